The fourth-order valence-electron chi connectivity index (χ4n) is 1.29. The van der Waals surface area contributed by atoms with Gasteiger partial charge < -0.3 is 4.74 Å². The van der Waals surface area contributed by atoms with E-state index < -0.39 is 5.60 Å². The minimum Gasteiger partial charge on any atom is -0.460 e. The van der Waals surface area contributed by atoms with E-state index in [0.717, 1.165) is 10.9 Å². The Labute approximate surface area is 105 Å². The van der Waals surface area contributed by atoms with Gasteiger partial charge in [0.25, 0.3) is 0 Å². The van der Waals surface area contributed by atoms with Crippen molar-refractivity contribution in [2.24, 2.45) is 0 Å². The quantitative estimate of drug-likeness (QED) is 0.628. The summed E-state index contributed by atoms with van der Waals surface area (Å²) in [6.45, 7) is 5.62. The van der Waals surface area contributed by atoms with Crippen LogP contribution in [0.1, 0.15) is 31.9 Å². The molecule has 1 aromatic rings. The number of benzene rings is 1. The Morgan fingerprint density at radius 3 is 2.12 bits per heavy atom. The molecule has 0 atom stereocenters. The first kappa shape index (κ1) is 13.2. The van der Waals surface area contributed by atoms with Crippen molar-refractivity contribution in [3.05, 3.63) is 35.4 Å². The molecule has 0 aliphatic rings. The first-order chi connectivity index (χ1) is 7.40. The lowest BCUT2D eigenvalue weighted by Crippen LogP contribution is -2.24. The Morgan fingerprint density at radius 2 is 1.69 bits per heavy atom. The van der Waals surface area contributed by atoms with E-state index in [1.165, 1.54) is 5.56 Å². The molecule has 0 radical (unpaired) electrons. The summed E-state index contributed by atoms with van der Waals surface area (Å²) in [5.74, 6) is -0.181. The van der Waals surface area contributed by atoms with Crippen LogP contribution < -0.4 is 0 Å². The average Bonchev–Trinajstić information content (AvgIpc) is 2.16. The van der Waals surface area contributed by atoms with Crippen LogP contribution in [0, 0.1) is 0 Å². The second-order valence-corrected chi connectivity index (χ2v) is 5.27. The summed E-state index contributed by atoms with van der Waals surface area (Å²) in [4.78, 5) is 11.6. The molecular weight excluding hydrogens is 268 g/mol. The van der Waals surface area contributed by atoms with Crippen molar-refractivity contribution >= 4 is 21.9 Å². The monoisotopic (exact) mass is 284 g/mol. The maximum atomic E-state index is 11.6. The third-order valence-electron chi connectivity index (χ3n) is 1.95. The van der Waals surface area contributed by atoms with Gasteiger partial charge in [0.1, 0.15) is 5.60 Å². The van der Waals surface area contributed by atoms with Crippen molar-refractivity contribution in [1.29, 1.82) is 0 Å². The SMILES string of the molecule is CC(C)(C)OC(=O)Cc1ccc(CBr)cc1. The molecule has 0 aliphatic heterocycles. The third kappa shape index (κ3) is 4.79. The second-order valence-electron chi connectivity index (χ2n) is 4.71. The Hall–Kier alpha value is -0.830. The Kier molecular flexibility index (Phi) is 4.54. The first-order valence-corrected chi connectivity index (χ1v) is 6.38. The van der Waals surface area contributed by atoms with Crippen LogP contribution in [0.3, 0.4) is 0 Å². The largest absolute Gasteiger partial charge is 0.460 e. The summed E-state index contributed by atoms with van der Waals surface area (Å²) in [6, 6.07) is 7.93. The van der Waals surface area contributed by atoms with Crippen molar-refractivity contribution in [3.8, 4) is 0 Å². The number of ether oxygens (including phenoxy) is 1. The van der Waals surface area contributed by atoms with Crippen LogP contribution in [-0.2, 0) is 21.3 Å². The number of rotatable bonds is 3. The van der Waals surface area contributed by atoms with Gasteiger partial charge in [0, 0.05) is 5.33 Å². The average molecular weight is 285 g/mol. The molecule has 16 heavy (non-hydrogen) atoms. The van der Waals surface area contributed by atoms with Crippen molar-refractivity contribution in [2.45, 2.75) is 38.1 Å². The Balaban J connectivity index is 2.56. The van der Waals surface area contributed by atoms with E-state index in [0.29, 0.717) is 6.42 Å². The van der Waals surface area contributed by atoms with Gasteiger partial charge in [0.15, 0.2) is 0 Å². The van der Waals surface area contributed by atoms with Gasteiger partial charge in [-0.25, -0.2) is 0 Å². The lowest BCUT2D eigenvalue weighted by atomic mass is 10.1. The lowest BCUT2D eigenvalue weighted by molar-refractivity contribution is -0.153. The van der Waals surface area contributed by atoms with E-state index >= 15 is 0 Å². The molecule has 0 saturated carbocycles. The fourth-order valence-corrected chi connectivity index (χ4v) is 1.66. The molecule has 0 amide bonds. The van der Waals surface area contributed by atoms with Crippen LogP contribution in [0.25, 0.3) is 0 Å². The van der Waals surface area contributed by atoms with Gasteiger partial charge in [-0.3, -0.25) is 4.79 Å². The van der Waals surface area contributed by atoms with Gasteiger partial charge in [-0.2, -0.15) is 0 Å². The number of esters is 1. The van der Waals surface area contributed by atoms with Gasteiger partial charge in [-0.05, 0) is 31.9 Å². The molecule has 0 heterocycles. The molecule has 0 saturated heterocycles. The highest BCUT2D eigenvalue weighted by atomic mass is 79.9. The molecule has 3 heteroatoms. The summed E-state index contributed by atoms with van der Waals surface area (Å²) in [5.41, 5.74) is 1.78. The topological polar surface area (TPSA) is 26.3 Å². The van der Waals surface area contributed by atoms with Gasteiger partial charge >= 0.3 is 5.97 Å². The fraction of sp³-hybridized carbons (Fsp3) is 0.462. The molecule has 0 spiro atoms. The standard InChI is InChI=1S/C13H17BrO2/c1-13(2,3)16-12(15)8-10-4-6-11(9-14)7-5-10/h4-7H,8-9H2,1-3H3. The van der Waals surface area contributed by atoms with Crippen LogP contribution in [-0.4, -0.2) is 11.6 Å². The summed E-state index contributed by atoms with van der Waals surface area (Å²) in [5, 5.41) is 0.833. The molecule has 1 aromatic carbocycles. The highest BCUT2D eigenvalue weighted by molar-refractivity contribution is 9.08. The molecule has 0 bridgehead atoms. The molecule has 1 rings (SSSR count). The zero-order valence-electron chi connectivity index (χ0n) is 9.92. The summed E-state index contributed by atoms with van der Waals surface area (Å²) in [6.07, 6.45) is 0.333. The maximum Gasteiger partial charge on any atom is 0.310 e. The highest BCUT2D eigenvalue weighted by Gasteiger charge is 2.16. The Morgan fingerprint density at radius 1 is 1.19 bits per heavy atom. The van der Waals surface area contributed by atoms with Crippen LogP contribution in [0.5, 0.6) is 0 Å². The van der Waals surface area contributed by atoms with Gasteiger partial charge in [0.05, 0.1) is 6.42 Å². The summed E-state index contributed by atoms with van der Waals surface area (Å²) in [7, 11) is 0. The van der Waals surface area contributed by atoms with Gasteiger partial charge in [-0.15, -0.1) is 0 Å². The van der Waals surface area contributed by atoms with Crippen LogP contribution in [0.15, 0.2) is 24.3 Å². The van der Waals surface area contributed by atoms with E-state index in [-0.39, 0.29) is 5.97 Å². The number of carbonyl (C=O) groups is 1. The zero-order valence-corrected chi connectivity index (χ0v) is 11.5. The van der Waals surface area contributed by atoms with E-state index in [1.54, 1.807) is 0 Å². The predicted molar refractivity (Wildman–Crippen MR) is 68.6 cm³/mol. The van der Waals surface area contributed by atoms with Gasteiger partial charge in [0.2, 0.25) is 0 Å². The zero-order chi connectivity index (χ0) is 12.2. The van der Waals surface area contributed by atoms with Crippen molar-refractivity contribution in [2.75, 3.05) is 0 Å². The minimum atomic E-state index is -0.410. The smallest absolute Gasteiger partial charge is 0.310 e. The predicted octanol–water partition coefficient (Wildman–Crippen LogP) is 3.47. The Bertz CT molecular complexity index is 349. The first-order valence-electron chi connectivity index (χ1n) is 5.26. The minimum absolute atomic E-state index is 0.181. The molecule has 88 valence electrons. The second kappa shape index (κ2) is 5.48. The van der Waals surface area contributed by atoms with Crippen molar-refractivity contribution in [1.82, 2.24) is 0 Å². The van der Waals surface area contributed by atoms with Gasteiger partial charge in [-0.1, -0.05) is 40.2 Å². The van der Waals surface area contributed by atoms with Crippen LogP contribution in [0.2, 0.25) is 0 Å². The van der Waals surface area contributed by atoms with Crippen molar-refractivity contribution < 1.29 is 9.53 Å². The highest BCUT2D eigenvalue weighted by Crippen LogP contribution is 2.12. The number of carbonyl (C=O) groups excluding carboxylic acids is 1. The molecule has 0 N–H and O–H groups in total. The molecular formula is C13H17BrO2. The molecule has 0 unspecified atom stereocenters. The number of alkyl halides is 1. The van der Waals surface area contributed by atoms with Crippen LogP contribution in [0.4, 0.5) is 0 Å². The lowest BCUT2D eigenvalue weighted by Gasteiger charge is -2.19. The van der Waals surface area contributed by atoms with E-state index in [2.05, 4.69) is 15.9 Å². The molecule has 0 fully saturated rings. The van der Waals surface area contributed by atoms with E-state index in [1.807, 2.05) is 45.0 Å². The van der Waals surface area contributed by atoms with Crippen molar-refractivity contribution in [3.63, 3.8) is 0 Å². The van der Waals surface area contributed by atoms with E-state index in [9.17, 15) is 4.79 Å². The molecule has 2 nitrogen and oxygen atoms in total. The normalized spacial score (nSPS) is 11.2. The number of halogens is 1. The third-order valence-corrected chi connectivity index (χ3v) is 2.59. The van der Waals surface area contributed by atoms with Crippen LogP contribution >= 0.6 is 15.9 Å². The number of hydrogen-bond acceptors (Lipinski definition) is 2. The molecule has 0 aliphatic carbocycles. The summed E-state index contributed by atoms with van der Waals surface area (Å²) >= 11 is 3.38. The maximum absolute atomic E-state index is 11.6. The summed E-state index contributed by atoms with van der Waals surface area (Å²) < 4.78 is 5.25. The molecule has 0 aromatic heterocycles. The van der Waals surface area contributed by atoms with E-state index in [4.69, 9.17) is 4.74 Å². The number of hydrogen-bond donors (Lipinski definition) is 0.